The summed E-state index contributed by atoms with van der Waals surface area (Å²) in [4.78, 5) is 56.8. The van der Waals surface area contributed by atoms with Crippen LogP contribution >= 0.6 is 0 Å². The van der Waals surface area contributed by atoms with Crippen LogP contribution in [-0.2, 0) is 12.8 Å². The van der Waals surface area contributed by atoms with Crippen molar-refractivity contribution in [3.63, 3.8) is 0 Å². The molecular formula is C40H38O12. The molecule has 2 aliphatic rings. The fourth-order valence-electron chi connectivity index (χ4n) is 7.14. The maximum absolute atomic E-state index is 14.3. The third-order valence-corrected chi connectivity index (χ3v) is 9.64. The molecule has 0 saturated heterocycles. The summed E-state index contributed by atoms with van der Waals surface area (Å²) in [6.07, 6.45) is 0.270. The molecule has 4 aromatic rings. The second-order valence-corrected chi connectivity index (χ2v) is 14.4. The van der Waals surface area contributed by atoms with E-state index in [-0.39, 0.29) is 115 Å². The SMILES string of the molecule is COc1cc(O)c2c(c1-c1c(OC)cc(O)c3c1C(=O)C(=O)c1c-3ccc(O)c1CCC(C)(C)O)C(=O)C(=O)c1c-2ccc(O)c1CCC(C)(C)O. The Morgan fingerprint density at radius 1 is 0.481 bits per heavy atom. The van der Waals surface area contributed by atoms with E-state index >= 15 is 0 Å². The molecule has 0 heterocycles. The summed E-state index contributed by atoms with van der Waals surface area (Å²) in [5.41, 5.74) is -3.62. The zero-order valence-electron chi connectivity index (χ0n) is 29.4. The normalized spacial score (nSPS) is 13.8. The lowest BCUT2D eigenvalue weighted by atomic mass is 9.73. The maximum Gasteiger partial charge on any atom is 0.235 e. The summed E-state index contributed by atoms with van der Waals surface area (Å²) in [6, 6.07) is 7.71. The van der Waals surface area contributed by atoms with Gasteiger partial charge in [-0.05, 0) is 88.8 Å². The van der Waals surface area contributed by atoms with Crippen molar-refractivity contribution < 1.29 is 59.3 Å². The van der Waals surface area contributed by atoms with Crippen molar-refractivity contribution in [2.24, 2.45) is 0 Å². The van der Waals surface area contributed by atoms with Gasteiger partial charge in [0.15, 0.2) is 0 Å². The van der Waals surface area contributed by atoms with Gasteiger partial charge in [-0.15, -0.1) is 0 Å². The first-order valence-electron chi connectivity index (χ1n) is 16.5. The molecule has 270 valence electrons. The summed E-state index contributed by atoms with van der Waals surface area (Å²) in [5.74, 6) is -6.18. The van der Waals surface area contributed by atoms with Crippen LogP contribution in [0.25, 0.3) is 33.4 Å². The van der Waals surface area contributed by atoms with Gasteiger partial charge in [-0.25, -0.2) is 0 Å². The number of rotatable bonds is 9. The van der Waals surface area contributed by atoms with Gasteiger partial charge in [0.1, 0.15) is 34.5 Å². The van der Waals surface area contributed by atoms with Crippen molar-refractivity contribution in [3.8, 4) is 67.9 Å². The minimum atomic E-state index is -1.18. The van der Waals surface area contributed by atoms with Crippen LogP contribution in [0.3, 0.4) is 0 Å². The molecule has 4 aromatic carbocycles. The minimum absolute atomic E-state index is 0.0132. The summed E-state index contributed by atoms with van der Waals surface area (Å²) in [5, 5.41) is 65.2. The van der Waals surface area contributed by atoms with Gasteiger partial charge in [-0.1, -0.05) is 0 Å². The molecule has 0 unspecified atom stereocenters. The van der Waals surface area contributed by atoms with E-state index in [0.717, 1.165) is 0 Å². The Labute approximate surface area is 298 Å². The van der Waals surface area contributed by atoms with Crippen LogP contribution in [0.5, 0.6) is 34.5 Å². The molecule has 0 aromatic heterocycles. The Morgan fingerprint density at radius 3 is 1.12 bits per heavy atom. The molecule has 6 N–H and O–H groups in total. The van der Waals surface area contributed by atoms with Gasteiger partial charge in [0.2, 0.25) is 23.1 Å². The highest BCUT2D eigenvalue weighted by molar-refractivity contribution is 6.56. The van der Waals surface area contributed by atoms with Crippen molar-refractivity contribution in [3.05, 3.63) is 69.8 Å². The number of hydrogen-bond donors (Lipinski definition) is 6. The second-order valence-electron chi connectivity index (χ2n) is 14.4. The number of Topliss-reactive ketones (excluding diaryl/α,β-unsaturated/α-hetero) is 4. The quantitative estimate of drug-likeness (QED) is 0.116. The topological polar surface area (TPSA) is 208 Å². The van der Waals surface area contributed by atoms with Crippen LogP contribution in [-0.4, -0.2) is 79.2 Å². The van der Waals surface area contributed by atoms with Gasteiger partial charge < -0.3 is 40.1 Å². The van der Waals surface area contributed by atoms with Crippen LogP contribution in [0, 0.1) is 0 Å². The van der Waals surface area contributed by atoms with Crippen LogP contribution in [0.4, 0.5) is 0 Å². The highest BCUT2D eigenvalue weighted by Crippen LogP contribution is 2.56. The van der Waals surface area contributed by atoms with E-state index in [9.17, 15) is 49.8 Å². The molecule has 2 aliphatic carbocycles. The van der Waals surface area contributed by atoms with Crippen molar-refractivity contribution in [1.82, 2.24) is 0 Å². The first-order valence-corrected chi connectivity index (χ1v) is 16.5. The van der Waals surface area contributed by atoms with Gasteiger partial charge in [0, 0.05) is 67.8 Å². The molecule has 0 amide bonds. The van der Waals surface area contributed by atoms with Gasteiger partial charge in [0.05, 0.1) is 25.4 Å². The Hall–Kier alpha value is -5.72. The van der Waals surface area contributed by atoms with Crippen LogP contribution in [0.15, 0.2) is 36.4 Å². The lowest BCUT2D eigenvalue weighted by Crippen LogP contribution is -2.27. The lowest BCUT2D eigenvalue weighted by Gasteiger charge is -2.29. The average molecular weight is 711 g/mol. The Morgan fingerprint density at radius 2 is 0.808 bits per heavy atom. The van der Waals surface area contributed by atoms with E-state index in [4.69, 9.17) is 9.47 Å². The fraction of sp³-hybridized carbons (Fsp3) is 0.300. The molecule has 0 atom stereocenters. The molecule has 52 heavy (non-hydrogen) atoms. The average Bonchev–Trinajstić information content (AvgIpc) is 3.06. The molecule has 0 saturated carbocycles. The highest BCUT2D eigenvalue weighted by atomic mass is 16.5. The van der Waals surface area contributed by atoms with E-state index < -0.39 is 45.8 Å². The molecule has 0 radical (unpaired) electrons. The third-order valence-electron chi connectivity index (χ3n) is 9.64. The zero-order valence-corrected chi connectivity index (χ0v) is 29.4. The predicted molar refractivity (Wildman–Crippen MR) is 189 cm³/mol. The number of carbonyl (C=O) groups is 4. The summed E-state index contributed by atoms with van der Waals surface area (Å²) >= 11 is 0. The van der Waals surface area contributed by atoms with E-state index in [1.165, 1.54) is 50.6 Å². The summed E-state index contributed by atoms with van der Waals surface area (Å²) in [6.45, 7) is 6.23. The molecular weight excluding hydrogens is 672 g/mol. The van der Waals surface area contributed by atoms with Crippen molar-refractivity contribution in [2.45, 2.75) is 64.6 Å². The number of phenols is 4. The third kappa shape index (κ3) is 5.73. The number of aromatic hydroxyl groups is 4. The number of hydrogen-bond acceptors (Lipinski definition) is 12. The lowest BCUT2D eigenvalue weighted by molar-refractivity contribution is 0.0703. The van der Waals surface area contributed by atoms with Gasteiger partial charge in [-0.2, -0.15) is 0 Å². The standard InChI is InChI=1S/C40H38O12/c1-39(2,49)13-11-17-21(41)9-7-19-27(17)35(45)37(47)33-29(19)23(43)15-25(51-5)31(33)32-26(52-6)16-24(44)30-20-8-10-22(42)18(12-14-40(3,4)50)28(20)36(46)38(48)34(30)32/h7-10,15-16,41-44,49-50H,11-14H2,1-6H3. The van der Waals surface area contributed by atoms with E-state index in [2.05, 4.69) is 0 Å². The Kier molecular flexibility index (Phi) is 8.67. The maximum atomic E-state index is 14.3. The predicted octanol–water partition coefficient (Wildman–Crippen LogP) is 5.69. The van der Waals surface area contributed by atoms with E-state index in [1.807, 2.05) is 0 Å². The Balaban J connectivity index is 1.71. The van der Waals surface area contributed by atoms with Crippen LogP contribution in [0.1, 0.15) is 93.1 Å². The first-order chi connectivity index (χ1) is 24.3. The monoisotopic (exact) mass is 710 g/mol. The largest absolute Gasteiger partial charge is 0.508 e. The molecule has 0 fully saturated rings. The number of ether oxygens (including phenoxy) is 2. The van der Waals surface area contributed by atoms with Crippen LogP contribution in [0.2, 0.25) is 0 Å². The molecule has 0 aliphatic heterocycles. The van der Waals surface area contributed by atoms with E-state index in [0.29, 0.717) is 0 Å². The smallest absolute Gasteiger partial charge is 0.235 e. The van der Waals surface area contributed by atoms with Gasteiger partial charge >= 0.3 is 0 Å². The number of phenolic OH excluding ortho intramolecular Hbond substituents is 4. The number of aliphatic hydroxyl groups is 2. The van der Waals surface area contributed by atoms with Crippen molar-refractivity contribution >= 4 is 23.1 Å². The number of fused-ring (bicyclic) bond motifs is 6. The molecule has 0 spiro atoms. The number of carbonyl (C=O) groups excluding carboxylic acids is 4. The zero-order chi connectivity index (χ0) is 38.2. The fourth-order valence-corrected chi connectivity index (χ4v) is 7.14. The van der Waals surface area contributed by atoms with Crippen LogP contribution < -0.4 is 9.47 Å². The van der Waals surface area contributed by atoms with Crippen molar-refractivity contribution in [2.75, 3.05) is 14.2 Å². The summed E-state index contributed by atoms with van der Waals surface area (Å²) in [7, 11) is 2.47. The number of benzene rings is 4. The molecule has 6 rings (SSSR count). The van der Waals surface area contributed by atoms with E-state index in [1.54, 1.807) is 27.7 Å². The second kappa shape index (κ2) is 12.5. The summed E-state index contributed by atoms with van der Waals surface area (Å²) < 4.78 is 11.3. The molecule has 12 nitrogen and oxygen atoms in total. The molecule has 0 bridgehead atoms. The Bertz CT molecular complexity index is 2090. The minimum Gasteiger partial charge on any atom is -0.508 e. The van der Waals surface area contributed by atoms with Crippen molar-refractivity contribution in [1.29, 1.82) is 0 Å². The molecule has 12 heteroatoms. The number of ketones is 4. The van der Waals surface area contributed by atoms with Gasteiger partial charge in [0.25, 0.3) is 0 Å². The first kappa shape index (κ1) is 36.1. The number of methoxy groups -OCH3 is 2. The van der Waals surface area contributed by atoms with Gasteiger partial charge in [-0.3, -0.25) is 19.2 Å². The highest BCUT2D eigenvalue weighted by Gasteiger charge is 2.44.